The van der Waals surface area contributed by atoms with Crippen LogP contribution in [0, 0.1) is 0 Å². The highest BCUT2D eigenvalue weighted by molar-refractivity contribution is 5.21. The average Bonchev–Trinajstić information content (AvgIpc) is 2.09. The van der Waals surface area contributed by atoms with Crippen LogP contribution in [-0.2, 0) is 9.47 Å². The minimum Gasteiger partial charge on any atom is -0.508 e. The first-order valence-electron chi connectivity index (χ1n) is 5.33. The molecule has 0 aliphatic heterocycles. The van der Waals surface area contributed by atoms with Crippen LogP contribution in [0.5, 0.6) is 0 Å². The van der Waals surface area contributed by atoms with E-state index < -0.39 is 0 Å². The van der Waals surface area contributed by atoms with Crippen molar-refractivity contribution in [2.75, 3.05) is 0 Å². The van der Waals surface area contributed by atoms with Gasteiger partial charge in [-0.2, -0.15) is 0 Å². The highest BCUT2D eigenvalue weighted by Gasteiger charge is 2.26. The van der Waals surface area contributed by atoms with E-state index in [0.29, 0.717) is 12.2 Å². The summed E-state index contributed by atoms with van der Waals surface area (Å²) in [6.45, 7) is 7.82. The van der Waals surface area contributed by atoms with Crippen molar-refractivity contribution in [2.24, 2.45) is 0 Å². The van der Waals surface area contributed by atoms with Gasteiger partial charge in [-0.3, -0.25) is 0 Å². The molecule has 0 bridgehead atoms. The molecule has 15 heavy (non-hydrogen) atoms. The lowest BCUT2D eigenvalue weighted by atomic mass is 9.97. The molecule has 0 heterocycles. The maximum absolute atomic E-state index is 9.21. The molecule has 0 radical (unpaired) electrons. The van der Waals surface area contributed by atoms with Crippen LogP contribution in [-0.4, -0.2) is 23.1 Å². The molecule has 0 fully saturated rings. The third kappa shape index (κ3) is 4.06. The lowest BCUT2D eigenvalue weighted by molar-refractivity contribution is -0.195. The average molecular weight is 212 g/mol. The van der Waals surface area contributed by atoms with Crippen molar-refractivity contribution < 1.29 is 14.6 Å². The molecule has 0 saturated carbocycles. The lowest BCUT2D eigenvalue weighted by Crippen LogP contribution is -2.33. The number of aliphatic hydroxyl groups excluding tert-OH is 1. The first-order valence-corrected chi connectivity index (χ1v) is 5.33. The monoisotopic (exact) mass is 212 g/mol. The molecular formula is C12H20O3. The molecule has 3 heteroatoms. The quantitative estimate of drug-likeness (QED) is 0.728. The normalized spacial score (nSPS) is 27.9. The molecule has 0 aromatic rings. The van der Waals surface area contributed by atoms with E-state index >= 15 is 0 Å². The predicted octanol–water partition coefficient (Wildman–Crippen LogP) is 2.93. The van der Waals surface area contributed by atoms with Gasteiger partial charge in [-0.15, -0.1) is 0 Å². The summed E-state index contributed by atoms with van der Waals surface area (Å²) in [5, 5.41) is 9.21. The van der Waals surface area contributed by atoms with Crippen molar-refractivity contribution in [2.45, 2.75) is 52.1 Å². The Morgan fingerprint density at radius 3 is 2.53 bits per heavy atom. The molecule has 2 atom stereocenters. The van der Waals surface area contributed by atoms with E-state index in [4.69, 9.17) is 9.47 Å². The van der Waals surface area contributed by atoms with Gasteiger partial charge in [0.15, 0.2) is 6.29 Å². The van der Waals surface area contributed by atoms with E-state index in [1.54, 1.807) is 12.2 Å². The van der Waals surface area contributed by atoms with Crippen molar-refractivity contribution in [1.82, 2.24) is 0 Å². The van der Waals surface area contributed by atoms with Crippen LogP contribution in [0.3, 0.4) is 0 Å². The van der Waals surface area contributed by atoms with Gasteiger partial charge in [0.2, 0.25) is 0 Å². The van der Waals surface area contributed by atoms with Crippen LogP contribution in [0.2, 0.25) is 0 Å². The summed E-state index contributed by atoms with van der Waals surface area (Å²) in [6.07, 6.45) is 5.85. The van der Waals surface area contributed by atoms with Crippen LogP contribution in [0.15, 0.2) is 24.0 Å². The molecule has 0 aromatic heterocycles. The summed E-state index contributed by atoms with van der Waals surface area (Å²) in [4.78, 5) is 0. The zero-order valence-corrected chi connectivity index (χ0v) is 9.86. The molecule has 0 saturated heterocycles. The van der Waals surface area contributed by atoms with Crippen LogP contribution in [0.1, 0.15) is 34.1 Å². The van der Waals surface area contributed by atoms with Gasteiger partial charge in [-0.05, 0) is 45.9 Å². The highest BCUT2D eigenvalue weighted by atomic mass is 16.7. The fourth-order valence-corrected chi connectivity index (χ4v) is 1.58. The van der Waals surface area contributed by atoms with Crippen LogP contribution < -0.4 is 0 Å². The number of hydrogen-bond donors (Lipinski definition) is 1. The van der Waals surface area contributed by atoms with Gasteiger partial charge < -0.3 is 14.6 Å². The molecule has 2 unspecified atom stereocenters. The smallest absolute Gasteiger partial charge is 0.156 e. The maximum Gasteiger partial charge on any atom is 0.156 e. The zero-order chi connectivity index (χ0) is 11.5. The SMILES string of the molecule is CC(C)OC(C)OC1(C)C=CC(O)=CC1. The summed E-state index contributed by atoms with van der Waals surface area (Å²) < 4.78 is 11.3. The van der Waals surface area contributed by atoms with Crippen molar-refractivity contribution in [3.05, 3.63) is 24.0 Å². The Hall–Kier alpha value is -0.800. The molecule has 1 N–H and O–H groups in total. The summed E-state index contributed by atoms with van der Waals surface area (Å²) in [5.41, 5.74) is -0.374. The second kappa shape index (κ2) is 4.81. The van der Waals surface area contributed by atoms with Crippen LogP contribution >= 0.6 is 0 Å². The number of rotatable bonds is 4. The van der Waals surface area contributed by atoms with E-state index in [2.05, 4.69) is 0 Å². The second-order valence-corrected chi connectivity index (χ2v) is 4.35. The summed E-state index contributed by atoms with van der Waals surface area (Å²) in [7, 11) is 0. The van der Waals surface area contributed by atoms with Gasteiger partial charge in [0.25, 0.3) is 0 Å². The topological polar surface area (TPSA) is 38.7 Å². The van der Waals surface area contributed by atoms with Crippen molar-refractivity contribution in [1.29, 1.82) is 0 Å². The van der Waals surface area contributed by atoms with Crippen molar-refractivity contribution >= 4 is 0 Å². The second-order valence-electron chi connectivity index (χ2n) is 4.35. The summed E-state index contributed by atoms with van der Waals surface area (Å²) >= 11 is 0. The van der Waals surface area contributed by atoms with Crippen molar-refractivity contribution in [3.63, 3.8) is 0 Å². The predicted molar refractivity (Wildman–Crippen MR) is 59.6 cm³/mol. The lowest BCUT2D eigenvalue weighted by Gasteiger charge is -2.31. The minimum atomic E-state index is -0.374. The molecule has 3 nitrogen and oxygen atoms in total. The van der Waals surface area contributed by atoms with Crippen molar-refractivity contribution in [3.8, 4) is 0 Å². The molecule has 86 valence electrons. The van der Waals surface area contributed by atoms with Gasteiger partial charge in [0, 0.05) is 6.42 Å². The Balaban J connectivity index is 2.48. The molecule has 0 spiro atoms. The third-order valence-electron chi connectivity index (χ3n) is 2.22. The molecule has 0 amide bonds. The summed E-state index contributed by atoms with van der Waals surface area (Å²) in [6, 6.07) is 0. The maximum atomic E-state index is 9.21. The first-order chi connectivity index (χ1) is 6.91. The van der Waals surface area contributed by atoms with Gasteiger partial charge >= 0.3 is 0 Å². The zero-order valence-electron chi connectivity index (χ0n) is 9.86. The Kier molecular flexibility index (Phi) is 3.94. The van der Waals surface area contributed by atoms with E-state index in [-0.39, 0.29) is 18.0 Å². The number of aliphatic hydroxyl groups is 1. The van der Waals surface area contributed by atoms with Crippen LogP contribution in [0.4, 0.5) is 0 Å². The van der Waals surface area contributed by atoms with Gasteiger partial charge in [-0.25, -0.2) is 0 Å². The number of hydrogen-bond acceptors (Lipinski definition) is 3. The molecule has 1 aliphatic rings. The molecular weight excluding hydrogens is 192 g/mol. The third-order valence-corrected chi connectivity index (χ3v) is 2.22. The van der Waals surface area contributed by atoms with E-state index in [1.807, 2.05) is 33.8 Å². The fraction of sp³-hybridized carbons (Fsp3) is 0.667. The summed E-state index contributed by atoms with van der Waals surface area (Å²) in [5.74, 6) is 0.300. The van der Waals surface area contributed by atoms with E-state index in [1.165, 1.54) is 0 Å². The van der Waals surface area contributed by atoms with Crippen LogP contribution in [0.25, 0.3) is 0 Å². The van der Waals surface area contributed by atoms with E-state index in [0.717, 1.165) is 0 Å². The van der Waals surface area contributed by atoms with Gasteiger partial charge in [0.05, 0.1) is 11.7 Å². The first kappa shape index (κ1) is 12.3. The molecule has 0 aromatic carbocycles. The molecule has 1 rings (SSSR count). The van der Waals surface area contributed by atoms with E-state index in [9.17, 15) is 5.11 Å². The Morgan fingerprint density at radius 2 is 2.07 bits per heavy atom. The Labute approximate surface area is 91.4 Å². The largest absolute Gasteiger partial charge is 0.508 e. The Morgan fingerprint density at radius 1 is 1.40 bits per heavy atom. The van der Waals surface area contributed by atoms with Gasteiger partial charge in [-0.1, -0.05) is 0 Å². The molecule has 1 aliphatic carbocycles. The fourth-order valence-electron chi connectivity index (χ4n) is 1.58. The highest BCUT2D eigenvalue weighted by Crippen LogP contribution is 2.25. The Bertz CT molecular complexity index is 268. The standard InChI is InChI=1S/C12H20O3/c1-9(2)14-10(3)15-12(4)7-5-11(13)6-8-12/h5-7,9-10,13H,8H2,1-4H3. The number of allylic oxidation sites excluding steroid dienone is 1. The number of ether oxygens (including phenoxy) is 2. The minimum absolute atomic E-state index is 0.153. The van der Waals surface area contributed by atoms with Gasteiger partial charge in [0.1, 0.15) is 5.76 Å².